The van der Waals surface area contributed by atoms with Crippen LogP contribution in [-0.4, -0.2) is 19.0 Å². The molecule has 0 aromatic carbocycles. The van der Waals surface area contributed by atoms with E-state index in [4.69, 9.17) is 5.73 Å². The fraction of sp³-hybridized carbons (Fsp3) is 0.600. The molecule has 1 aliphatic rings. The van der Waals surface area contributed by atoms with Gasteiger partial charge in [0.1, 0.15) is 0 Å². The van der Waals surface area contributed by atoms with Gasteiger partial charge in [-0.3, -0.25) is 0 Å². The van der Waals surface area contributed by atoms with Crippen molar-refractivity contribution in [2.75, 3.05) is 14.1 Å². The van der Waals surface area contributed by atoms with Crippen molar-refractivity contribution in [1.29, 1.82) is 0 Å². The molecule has 0 saturated heterocycles. The molecule has 0 aromatic rings. The van der Waals surface area contributed by atoms with E-state index in [-0.39, 0.29) is 5.41 Å². The van der Waals surface area contributed by atoms with E-state index in [1.165, 1.54) is 5.70 Å². The molecule has 1 rings (SSSR count). The summed E-state index contributed by atoms with van der Waals surface area (Å²) in [5.41, 5.74) is 8.25. The Labute approximate surface area is 74.7 Å². The van der Waals surface area contributed by atoms with Gasteiger partial charge >= 0.3 is 0 Å². The fourth-order valence-electron chi connectivity index (χ4n) is 1.42. The van der Waals surface area contributed by atoms with Gasteiger partial charge in [0.2, 0.25) is 0 Å². The van der Waals surface area contributed by atoms with Crippen molar-refractivity contribution in [2.24, 2.45) is 11.1 Å². The Balaban J connectivity index is 2.91. The van der Waals surface area contributed by atoms with Crippen LogP contribution in [0.4, 0.5) is 0 Å². The molecule has 0 fully saturated rings. The minimum atomic E-state index is 0.252. The average molecular weight is 166 g/mol. The monoisotopic (exact) mass is 166 g/mol. The number of hydrogen-bond donors (Lipinski definition) is 1. The first-order chi connectivity index (χ1) is 5.42. The quantitative estimate of drug-likeness (QED) is 0.642. The van der Waals surface area contributed by atoms with Crippen molar-refractivity contribution in [3.63, 3.8) is 0 Å². The second-order valence-corrected chi connectivity index (χ2v) is 4.30. The van der Waals surface area contributed by atoms with E-state index in [1.54, 1.807) is 0 Å². The molecular formula is C10H18N2. The molecule has 2 N–H and O–H groups in total. The molecule has 0 heterocycles. The summed E-state index contributed by atoms with van der Waals surface area (Å²) in [6.45, 7) is 4.44. The van der Waals surface area contributed by atoms with Crippen molar-refractivity contribution in [2.45, 2.75) is 20.3 Å². The smallest absolute Gasteiger partial charge is 0.0506 e. The first kappa shape index (κ1) is 9.17. The molecule has 0 radical (unpaired) electrons. The first-order valence-corrected chi connectivity index (χ1v) is 4.27. The maximum Gasteiger partial charge on any atom is 0.0506 e. The van der Waals surface area contributed by atoms with Crippen LogP contribution in [0.3, 0.4) is 0 Å². The lowest BCUT2D eigenvalue weighted by Gasteiger charge is -2.30. The van der Waals surface area contributed by atoms with Gasteiger partial charge in [0.05, 0.1) is 5.70 Å². The predicted octanol–water partition coefficient (Wildman–Crippen LogP) is 1.70. The minimum absolute atomic E-state index is 0.252. The Morgan fingerprint density at radius 2 is 2.00 bits per heavy atom. The SMILES string of the molecule is CN(C)C1=C(N)C=CC(C)(C)C1. The van der Waals surface area contributed by atoms with Crippen LogP contribution in [0.15, 0.2) is 23.5 Å². The summed E-state index contributed by atoms with van der Waals surface area (Å²) >= 11 is 0. The van der Waals surface area contributed by atoms with Crippen LogP contribution in [-0.2, 0) is 0 Å². The topological polar surface area (TPSA) is 29.3 Å². The predicted molar refractivity (Wildman–Crippen MR) is 52.4 cm³/mol. The molecule has 0 amide bonds. The Bertz CT molecular complexity index is 234. The molecule has 12 heavy (non-hydrogen) atoms. The molecule has 2 heteroatoms. The van der Waals surface area contributed by atoms with E-state index in [0.717, 1.165) is 12.1 Å². The van der Waals surface area contributed by atoms with Gasteiger partial charge in [-0.1, -0.05) is 19.9 Å². The fourth-order valence-corrected chi connectivity index (χ4v) is 1.42. The number of allylic oxidation sites excluding steroid dienone is 3. The second-order valence-electron chi connectivity index (χ2n) is 4.30. The number of nitrogens with two attached hydrogens (primary N) is 1. The Morgan fingerprint density at radius 3 is 2.42 bits per heavy atom. The van der Waals surface area contributed by atoms with Crippen LogP contribution in [0, 0.1) is 5.41 Å². The average Bonchev–Trinajstić information content (AvgIpc) is 1.94. The van der Waals surface area contributed by atoms with Crippen molar-refractivity contribution in [1.82, 2.24) is 4.90 Å². The van der Waals surface area contributed by atoms with Gasteiger partial charge in [-0.15, -0.1) is 0 Å². The van der Waals surface area contributed by atoms with E-state index < -0.39 is 0 Å². The molecule has 0 aromatic heterocycles. The van der Waals surface area contributed by atoms with Crippen molar-refractivity contribution < 1.29 is 0 Å². The minimum Gasteiger partial charge on any atom is -0.397 e. The zero-order chi connectivity index (χ0) is 9.35. The Morgan fingerprint density at radius 1 is 1.42 bits per heavy atom. The van der Waals surface area contributed by atoms with E-state index in [1.807, 2.05) is 20.2 Å². The van der Waals surface area contributed by atoms with Gasteiger partial charge < -0.3 is 10.6 Å². The summed E-state index contributed by atoms with van der Waals surface area (Å²) in [5.74, 6) is 0. The molecule has 1 aliphatic carbocycles. The second kappa shape index (κ2) is 2.85. The first-order valence-electron chi connectivity index (χ1n) is 4.27. The highest BCUT2D eigenvalue weighted by atomic mass is 15.1. The molecule has 0 spiro atoms. The summed E-state index contributed by atoms with van der Waals surface area (Å²) in [6.07, 6.45) is 5.22. The summed E-state index contributed by atoms with van der Waals surface area (Å²) in [7, 11) is 4.08. The summed E-state index contributed by atoms with van der Waals surface area (Å²) in [4.78, 5) is 2.10. The highest BCUT2D eigenvalue weighted by molar-refractivity contribution is 5.29. The molecule has 68 valence electrons. The summed E-state index contributed by atoms with van der Waals surface area (Å²) in [5, 5.41) is 0. The summed E-state index contributed by atoms with van der Waals surface area (Å²) < 4.78 is 0. The normalized spacial score (nSPS) is 21.3. The lowest BCUT2D eigenvalue weighted by Crippen LogP contribution is -2.24. The largest absolute Gasteiger partial charge is 0.397 e. The third-order valence-electron chi connectivity index (χ3n) is 2.21. The van der Waals surface area contributed by atoms with Crippen LogP contribution >= 0.6 is 0 Å². The van der Waals surface area contributed by atoms with E-state index in [2.05, 4.69) is 24.8 Å². The summed E-state index contributed by atoms with van der Waals surface area (Å²) in [6, 6.07) is 0. The zero-order valence-corrected chi connectivity index (χ0v) is 8.39. The van der Waals surface area contributed by atoms with Crippen molar-refractivity contribution >= 4 is 0 Å². The molecule has 0 atom stereocenters. The highest BCUT2D eigenvalue weighted by Crippen LogP contribution is 2.32. The van der Waals surface area contributed by atoms with Gasteiger partial charge in [0.25, 0.3) is 0 Å². The van der Waals surface area contributed by atoms with Crippen LogP contribution in [0.2, 0.25) is 0 Å². The maximum atomic E-state index is 5.85. The molecule has 0 aliphatic heterocycles. The maximum absolute atomic E-state index is 5.85. The van der Waals surface area contributed by atoms with Gasteiger partial charge in [-0.05, 0) is 17.9 Å². The Hall–Kier alpha value is -0.920. The highest BCUT2D eigenvalue weighted by Gasteiger charge is 2.22. The van der Waals surface area contributed by atoms with Crippen LogP contribution < -0.4 is 5.73 Å². The number of rotatable bonds is 1. The van der Waals surface area contributed by atoms with Gasteiger partial charge in [0.15, 0.2) is 0 Å². The zero-order valence-electron chi connectivity index (χ0n) is 8.39. The van der Waals surface area contributed by atoms with Crippen LogP contribution in [0.5, 0.6) is 0 Å². The van der Waals surface area contributed by atoms with E-state index in [0.29, 0.717) is 0 Å². The van der Waals surface area contributed by atoms with Gasteiger partial charge in [-0.25, -0.2) is 0 Å². The molecule has 0 saturated carbocycles. The van der Waals surface area contributed by atoms with Crippen LogP contribution in [0.1, 0.15) is 20.3 Å². The van der Waals surface area contributed by atoms with E-state index >= 15 is 0 Å². The number of hydrogen-bond acceptors (Lipinski definition) is 2. The van der Waals surface area contributed by atoms with E-state index in [9.17, 15) is 0 Å². The van der Waals surface area contributed by atoms with Crippen molar-refractivity contribution in [3.05, 3.63) is 23.5 Å². The lowest BCUT2D eigenvalue weighted by molar-refractivity contribution is 0.382. The number of nitrogens with zero attached hydrogens (tertiary/aromatic N) is 1. The third kappa shape index (κ3) is 1.81. The van der Waals surface area contributed by atoms with Crippen LogP contribution in [0.25, 0.3) is 0 Å². The molecular weight excluding hydrogens is 148 g/mol. The van der Waals surface area contributed by atoms with Crippen molar-refractivity contribution in [3.8, 4) is 0 Å². The standard InChI is InChI=1S/C10H18N2/c1-10(2)6-5-8(11)9(7-10)12(3)4/h5-6H,7,11H2,1-4H3. The van der Waals surface area contributed by atoms with Gasteiger partial charge in [-0.2, -0.15) is 0 Å². The third-order valence-corrected chi connectivity index (χ3v) is 2.21. The molecule has 0 bridgehead atoms. The molecule has 0 unspecified atom stereocenters. The Kier molecular flexibility index (Phi) is 2.18. The van der Waals surface area contributed by atoms with Gasteiger partial charge in [0, 0.05) is 19.8 Å². The molecule has 2 nitrogen and oxygen atoms in total. The lowest BCUT2D eigenvalue weighted by atomic mass is 9.83.